The molecule has 2 aromatic rings. The first kappa shape index (κ1) is 19.9. The van der Waals surface area contributed by atoms with E-state index < -0.39 is 15.7 Å². The van der Waals surface area contributed by atoms with Gasteiger partial charge < -0.3 is 10.2 Å². The third kappa shape index (κ3) is 4.51. The predicted molar refractivity (Wildman–Crippen MR) is 105 cm³/mol. The van der Waals surface area contributed by atoms with Crippen molar-refractivity contribution < 1.29 is 13.2 Å². The van der Waals surface area contributed by atoms with Gasteiger partial charge >= 0.3 is 0 Å². The van der Waals surface area contributed by atoms with Gasteiger partial charge in [0.25, 0.3) is 5.91 Å². The minimum absolute atomic E-state index is 0.0581. The molecule has 3 rings (SSSR count). The smallest absolute Gasteiger partial charge is 0.256 e. The summed E-state index contributed by atoms with van der Waals surface area (Å²) in [6.07, 6.45) is 4.66. The summed E-state index contributed by atoms with van der Waals surface area (Å²) in [4.78, 5) is 15.0. The van der Waals surface area contributed by atoms with Crippen molar-refractivity contribution in [3.05, 3.63) is 41.0 Å². The highest BCUT2D eigenvalue weighted by atomic mass is 35.5. The Bertz CT molecular complexity index is 934. The first-order valence-corrected chi connectivity index (χ1v) is 11.1. The van der Waals surface area contributed by atoms with Crippen LogP contribution in [0.4, 0.5) is 5.82 Å². The van der Waals surface area contributed by atoms with Crippen molar-refractivity contribution in [3.8, 4) is 0 Å². The summed E-state index contributed by atoms with van der Waals surface area (Å²) in [7, 11) is -3.52. The van der Waals surface area contributed by atoms with E-state index in [2.05, 4.69) is 22.2 Å². The molecule has 0 unspecified atom stereocenters. The van der Waals surface area contributed by atoms with E-state index in [-0.39, 0.29) is 21.5 Å². The van der Waals surface area contributed by atoms with Gasteiger partial charge in [0, 0.05) is 31.0 Å². The predicted octanol–water partition coefficient (Wildman–Crippen LogP) is 2.85. The zero-order chi connectivity index (χ0) is 19.6. The molecule has 1 N–H and O–H groups in total. The van der Waals surface area contributed by atoms with Gasteiger partial charge in [0.05, 0.1) is 22.2 Å². The molecule has 7 nitrogen and oxygen atoms in total. The van der Waals surface area contributed by atoms with E-state index in [1.165, 1.54) is 18.2 Å². The molecule has 9 heteroatoms. The number of amides is 1. The molecule has 0 aliphatic carbocycles. The Morgan fingerprint density at radius 2 is 2.00 bits per heavy atom. The minimum Gasteiger partial charge on any atom is -0.307 e. The number of piperidine rings is 1. The van der Waals surface area contributed by atoms with Gasteiger partial charge in [0.2, 0.25) is 0 Å². The fraction of sp³-hybridized carbons (Fsp3) is 0.444. The topological polar surface area (TPSA) is 84.3 Å². The van der Waals surface area contributed by atoms with Gasteiger partial charge in [-0.2, -0.15) is 5.10 Å². The maximum absolute atomic E-state index is 12.6. The van der Waals surface area contributed by atoms with Crippen LogP contribution in [0.3, 0.4) is 0 Å². The van der Waals surface area contributed by atoms with Crippen molar-refractivity contribution in [2.45, 2.75) is 30.7 Å². The Labute approximate surface area is 164 Å². The standard InChI is InChI=1S/C18H23ClN4O3S/c1-3-22-10-7-14(8-11-22)23-17(6-9-20-23)21-18(24)13-4-5-15(19)16(12-13)27(2,25)26/h4-6,9,12,14H,3,7-8,10-11H2,1-2H3,(H,21,24). The summed E-state index contributed by atoms with van der Waals surface area (Å²) in [5, 5.41) is 7.31. The molecule has 0 saturated carbocycles. The van der Waals surface area contributed by atoms with E-state index in [1.807, 2.05) is 4.68 Å². The molecule has 1 saturated heterocycles. The van der Waals surface area contributed by atoms with Gasteiger partial charge in [-0.1, -0.05) is 18.5 Å². The maximum atomic E-state index is 12.6. The molecule has 1 aliphatic heterocycles. The normalized spacial score (nSPS) is 16.4. The largest absolute Gasteiger partial charge is 0.307 e. The quantitative estimate of drug-likeness (QED) is 0.819. The molecular formula is C18H23ClN4O3S. The molecule has 0 bridgehead atoms. The van der Waals surface area contributed by atoms with Crippen molar-refractivity contribution >= 4 is 33.2 Å². The summed E-state index contributed by atoms with van der Waals surface area (Å²) in [5.74, 6) is 0.204. The number of rotatable bonds is 5. The molecule has 27 heavy (non-hydrogen) atoms. The second-order valence-electron chi connectivity index (χ2n) is 6.70. The number of carbonyl (C=O) groups is 1. The molecule has 146 valence electrons. The molecule has 2 heterocycles. The van der Waals surface area contributed by atoms with Crippen molar-refractivity contribution in [1.29, 1.82) is 0 Å². The molecule has 1 aromatic carbocycles. The molecule has 0 spiro atoms. The summed E-state index contributed by atoms with van der Waals surface area (Å²) in [6.45, 7) is 5.19. The number of anilines is 1. The number of nitrogens with one attached hydrogen (secondary N) is 1. The van der Waals surface area contributed by atoms with Gasteiger partial charge in [0.15, 0.2) is 9.84 Å². The first-order valence-electron chi connectivity index (χ1n) is 8.86. The lowest BCUT2D eigenvalue weighted by atomic mass is 10.1. The van der Waals surface area contributed by atoms with E-state index in [4.69, 9.17) is 11.6 Å². The van der Waals surface area contributed by atoms with Crippen LogP contribution in [0.15, 0.2) is 35.4 Å². The number of nitrogens with zero attached hydrogens (tertiary/aromatic N) is 3. The zero-order valence-corrected chi connectivity index (χ0v) is 16.9. The Balaban J connectivity index is 1.77. The molecule has 0 atom stereocenters. The van der Waals surface area contributed by atoms with E-state index in [9.17, 15) is 13.2 Å². The SMILES string of the molecule is CCN1CCC(n2nccc2NC(=O)c2ccc(Cl)c(S(C)(=O)=O)c2)CC1. The van der Waals surface area contributed by atoms with Gasteiger partial charge in [-0.15, -0.1) is 0 Å². The molecule has 1 aromatic heterocycles. The number of sulfone groups is 1. The summed E-state index contributed by atoms with van der Waals surface area (Å²) in [5.41, 5.74) is 0.230. The van der Waals surface area contributed by atoms with Gasteiger partial charge in [-0.3, -0.25) is 4.79 Å². The van der Waals surface area contributed by atoms with Crippen LogP contribution < -0.4 is 5.32 Å². The van der Waals surface area contributed by atoms with Crippen LogP contribution >= 0.6 is 11.6 Å². The Morgan fingerprint density at radius 1 is 1.30 bits per heavy atom. The molecule has 1 amide bonds. The summed E-state index contributed by atoms with van der Waals surface area (Å²) in [6, 6.07) is 6.21. The number of hydrogen-bond donors (Lipinski definition) is 1. The highest BCUT2D eigenvalue weighted by Crippen LogP contribution is 2.26. The van der Waals surface area contributed by atoms with Crippen LogP contribution in [0.25, 0.3) is 0 Å². The highest BCUT2D eigenvalue weighted by Gasteiger charge is 2.23. The van der Waals surface area contributed by atoms with Crippen LogP contribution in [-0.4, -0.2) is 54.9 Å². The molecule has 1 aliphatic rings. The Morgan fingerprint density at radius 3 is 2.63 bits per heavy atom. The minimum atomic E-state index is -3.52. The van der Waals surface area contributed by atoms with Crippen LogP contribution in [-0.2, 0) is 9.84 Å². The molecule has 1 fully saturated rings. The number of hydrogen-bond acceptors (Lipinski definition) is 5. The summed E-state index contributed by atoms with van der Waals surface area (Å²) >= 11 is 5.95. The zero-order valence-electron chi connectivity index (χ0n) is 15.4. The monoisotopic (exact) mass is 410 g/mol. The fourth-order valence-electron chi connectivity index (χ4n) is 3.30. The fourth-order valence-corrected chi connectivity index (χ4v) is 4.60. The summed E-state index contributed by atoms with van der Waals surface area (Å²) < 4.78 is 25.5. The molecular weight excluding hydrogens is 388 g/mol. The van der Waals surface area contributed by atoms with Gasteiger partial charge in [-0.05, 0) is 37.6 Å². The third-order valence-corrected chi connectivity index (χ3v) is 6.43. The highest BCUT2D eigenvalue weighted by molar-refractivity contribution is 7.90. The second kappa shape index (κ2) is 8.00. The van der Waals surface area contributed by atoms with E-state index >= 15 is 0 Å². The number of aromatic nitrogens is 2. The van der Waals surface area contributed by atoms with Crippen LogP contribution in [0.5, 0.6) is 0 Å². The third-order valence-electron chi connectivity index (χ3n) is 4.85. The lowest BCUT2D eigenvalue weighted by molar-refractivity contribution is 0.102. The average molecular weight is 411 g/mol. The lowest BCUT2D eigenvalue weighted by Gasteiger charge is -2.31. The number of halogens is 1. The number of carbonyl (C=O) groups excluding carboxylic acids is 1. The van der Waals surface area contributed by atoms with E-state index in [1.54, 1.807) is 12.3 Å². The average Bonchev–Trinajstić information content (AvgIpc) is 3.09. The maximum Gasteiger partial charge on any atom is 0.256 e. The van der Waals surface area contributed by atoms with Crippen LogP contribution in [0.1, 0.15) is 36.2 Å². The van der Waals surface area contributed by atoms with Gasteiger partial charge in [0.1, 0.15) is 5.82 Å². The van der Waals surface area contributed by atoms with E-state index in [0.29, 0.717) is 5.82 Å². The van der Waals surface area contributed by atoms with Crippen molar-refractivity contribution in [2.24, 2.45) is 0 Å². The van der Waals surface area contributed by atoms with Crippen molar-refractivity contribution in [1.82, 2.24) is 14.7 Å². The number of likely N-dealkylation sites (tertiary alicyclic amines) is 1. The Kier molecular flexibility index (Phi) is 5.88. The lowest BCUT2D eigenvalue weighted by Crippen LogP contribution is -2.35. The van der Waals surface area contributed by atoms with Crippen molar-refractivity contribution in [2.75, 3.05) is 31.2 Å². The Hall–Kier alpha value is -1.90. The molecule has 0 radical (unpaired) electrons. The van der Waals surface area contributed by atoms with E-state index in [0.717, 1.165) is 38.7 Å². The van der Waals surface area contributed by atoms with Gasteiger partial charge in [-0.25, -0.2) is 13.1 Å². The van der Waals surface area contributed by atoms with Crippen LogP contribution in [0, 0.1) is 0 Å². The number of benzene rings is 1. The second-order valence-corrected chi connectivity index (χ2v) is 9.09. The van der Waals surface area contributed by atoms with Crippen molar-refractivity contribution in [3.63, 3.8) is 0 Å². The van der Waals surface area contributed by atoms with Crippen LogP contribution in [0.2, 0.25) is 5.02 Å². The first-order chi connectivity index (χ1) is 12.8.